The fraction of sp³-hybridized carbons (Fsp3) is 0.111. The lowest BCUT2D eigenvalue weighted by Crippen LogP contribution is -2.17. The molecule has 1 N–H and O–H groups in total. The first-order valence-electron chi connectivity index (χ1n) is 7.28. The van der Waals surface area contributed by atoms with Crippen molar-refractivity contribution >= 4 is 31.1 Å². The molecule has 0 aromatic heterocycles. The second-order valence-electron chi connectivity index (χ2n) is 4.94. The van der Waals surface area contributed by atoms with Gasteiger partial charge in [-0.25, -0.2) is 0 Å². The molecule has 0 saturated carbocycles. The van der Waals surface area contributed by atoms with Crippen LogP contribution in [0.4, 0.5) is 5.69 Å². The smallest absolute Gasteiger partial charge is 0.256 e. The van der Waals surface area contributed by atoms with Crippen molar-refractivity contribution in [1.29, 1.82) is 0 Å². The third-order valence-corrected chi connectivity index (χ3v) is 2.95. The fourth-order valence-corrected chi connectivity index (χ4v) is 1.78. The van der Waals surface area contributed by atoms with E-state index in [1.165, 1.54) is 6.21 Å². The molecule has 0 bridgehead atoms. The minimum absolute atomic E-state index is 0.275. The Labute approximate surface area is 139 Å². The Morgan fingerprint density at radius 1 is 1.43 bits per heavy atom. The number of amides is 1. The predicted molar refractivity (Wildman–Crippen MR) is 102 cm³/mol. The Kier molecular flexibility index (Phi) is 7.34. The summed E-state index contributed by atoms with van der Waals surface area (Å²) >= 11 is 0. The second-order valence-corrected chi connectivity index (χ2v) is 4.94. The third kappa shape index (κ3) is 6.22. The van der Waals surface area contributed by atoms with Crippen molar-refractivity contribution in [3.63, 3.8) is 0 Å². The van der Waals surface area contributed by atoms with Crippen molar-refractivity contribution in [2.75, 3.05) is 12.4 Å². The maximum atomic E-state index is 12.1. The molecule has 0 aliphatic carbocycles. The number of likely N-dealkylation sites (N-methyl/N-ethyl adjacent to an activating group) is 1. The second kappa shape index (κ2) is 9.25. The molecule has 0 atom stereocenters. The molecule has 0 aliphatic rings. The van der Waals surface area contributed by atoms with Crippen molar-refractivity contribution in [2.24, 2.45) is 5.10 Å². The van der Waals surface area contributed by atoms with Crippen LogP contribution in [0.1, 0.15) is 6.92 Å². The highest BCUT2D eigenvalue weighted by atomic mass is 16.1. The number of anilines is 1. The summed E-state index contributed by atoms with van der Waals surface area (Å²) in [7, 11) is 3.76. The summed E-state index contributed by atoms with van der Waals surface area (Å²) in [6, 6.07) is 7.58. The Bertz CT molecular complexity index is 675. The van der Waals surface area contributed by atoms with Crippen molar-refractivity contribution in [2.45, 2.75) is 6.92 Å². The Hall–Kier alpha value is -2.82. The molecule has 0 aliphatic heterocycles. The van der Waals surface area contributed by atoms with Crippen LogP contribution >= 0.6 is 0 Å². The van der Waals surface area contributed by atoms with E-state index in [1.807, 2.05) is 57.3 Å². The molecule has 0 fully saturated rings. The standard InChI is InChI=1S/C18H22BN3O/c1-5-8-17(9-6-2)22(4)20-13-14(3)18(23)21-16-11-7-10-15(19)12-16/h5-13H,1,3,19H2,2,4H3,(H,21,23)/b9-6-,17-8+,20-13-. The molecular formula is C18H22BN3O. The van der Waals surface area contributed by atoms with E-state index in [4.69, 9.17) is 0 Å². The van der Waals surface area contributed by atoms with E-state index in [2.05, 4.69) is 23.6 Å². The maximum Gasteiger partial charge on any atom is 0.256 e. The average Bonchev–Trinajstić information content (AvgIpc) is 2.52. The summed E-state index contributed by atoms with van der Waals surface area (Å²) in [6.45, 7) is 9.34. The summed E-state index contributed by atoms with van der Waals surface area (Å²) in [5.41, 5.74) is 2.94. The summed E-state index contributed by atoms with van der Waals surface area (Å²) in [5, 5.41) is 8.66. The van der Waals surface area contributed by atoms with Crippen molar-refractivity contribution < 1.29 is 4.79 Å². The minimum Gasteiger partial charge on any atom is -0.322 e. The molecule has 0 radical (unpaired) electrons. The van der Waals surface area contributed by atoms with Crippen LogP contribution in [-0.2, 0) is 4.79 Å². The SMILES string of the molecule is Bc1cccc(NC(=O)C(=C)/C=N\N(C)C(/C=C\C)=C/C=C)c1. The summed E-state index contributed by atoms with van der Waals surface area (Å²) in [6.07, 6.45) is 8.74. The van der Waals surface area contributed by atoms with Gasteiger partial charge in [0, 0.05) is 12.7 Å². The van der Waals surface area contributed by atoms with Crippen LogP contribution in [0, 0.1) is 0 Å². The quantitative estimate of drug-likeness (QED) is 0.275. The van der Waals surface area contributed by atoms with Gasteiger partial charge in [-0.15, -0.1) is 0 Å². The van der Waals surface area contributed by atoms with E-state index >= 15 is 0 Å². The Balaban J connectivity index is 2.72. The van der Waals surface area contributed by atoms with E-state index in [-0.39, 0.29) is 11.5 Å². The summed E-state index contributed by atoms with van der Waals surface area (Å²) in [5.74, 6) is -0.284. The van der Waals surface area contributed by atoms with Gasteiger partial charge in [0.2, 0.25) is 0 Å². The first-order valence-corrected chi connectivity index (χ1v) is 7.28. The molecule has 1 rings (SSSR count). The molecule has 1 amide bonds. The van der Waals surface area contributed by atoms with Crippen molar-refractivity contribution in [3.8, 4) is 0 Å². The number of hydrogen-bond donors (Lipinski definition) is 1. The van der Waals surface area contributed by atoms with E-state index in [0.717, 1.165) is 16.8 Å². The topological polar surface area (TPSA) is 44.7 Å². The fourth-order valence-electron chi connectivity index (χ4n) is 1.78. The number of nitrogens with one attached hydrogen (secondary N) is 1. The molecule has 0 unspecified atom stereocenters. The van der Waals surface area contributed by atoms with Gasteiger partial charge in [-0.3, -0.25) is 9.80 Å². The molecule has 0 heterocycles. The van der Waals surface area contributed by atoms with Crippen LogP contribution in [0.25, 0.3) is 0 Å². The zero-order valence-electron chi connectivity index (χ0n) is 13.9. The van der Waals surface area contributed by atoms with Gasteiger partial charge in [0.1, 0.15) is 7.85 Å². The van der Waals surface area contributed by atoms with Gasteiger partial charge in [0.05, 0.1) is 17.5 Å². The molecule has 118 valence electrons. The molecule has 5 heteroatoms. The highest BCUT2D eigenvalue weighted by Gasteiger charge is 2.06. The lowest BCUT2D eigenvalue weighted by molar-refractivity contribution is -0.112. The number of hydrogen-bond acceptors (Lipinski definition) is 3. The number of carbonyl (C=O) groups is 1. The van der Waals surface area contributed by atoms with Gasteiger partial charge in [-0.2, -0.15) is 5.10 Å². The average molecular weight is 307 g/mol. The van der Waals surface area contributed by atoms with Crippen molar-refractivity contribution in [1.82, 2.24) is 5.01 Å². The van der Waals surface area contributed by atoms with Crippen LogP contribution < -0.4 is 10.8 Å². The zero-order chi connectivity index (χ0) is 17.2. The Morgan fingerprint density at radius 3 is 2.78 bits per heavy atom. The Morgan fingerprint density at radius 2 is 2.17 bits per heavy atom. The highest BCUT2D eigenvalue weighted by Crippen LogP contribution is 2.07. The molecule has 1 aromatic carbocycles. The van der Waals surface area contributed by atoms with Crippen LogP contribution in [0.5, 0.6) is 0 Å². The summed E-state index contributed by atoms with van der Waals surface area (Å²) < 4.78 is 0. The normalized spacial score (nSPS) is 11.7. The number of allylic oxidation sites excluding steroid dienone is 4. The van der Waals surface area contributed by atoms with Crippen LogP contribution in [0.2, 0.25) is 0 Å². The third-order valence-electron chi connectivity index (χ3n) is 2.95. The largest absolute Gasteiger partial charge is 0.322 e. The predicted octanol–water partition coefficient (Wildman–Crippen LogP) is 2.00. The van der Waals surface area contributed by atoms with E-state index in [1.54, 1.807) is 18.1 Å². The maximum absolute atomic E-state index is 12.1. The van der Waals surface area contributed by atoms with Gasteiger partial charge in [0.15, 0.2) is 0 Å². The van der Waals surface area contributed by atoms with Gasteiger partial charge >= 0.3 is 0 Å². The van der Waals surface area contributed by atoms with Crippen LogP contribution in [-0.4, -0.2) is 32.0 Å². The number of carbonyl (C=O) groups excluding carboxylic acids is 1. The van der Waals surface area contributed by atoms with E-state index in [9.17, 15) is 4.79 Å². The number of hydrazone groups is 1. The van der Waals surface area contributed by atoms with Crippen molar-refractivity contribution in [3.05, 3.63) is 73.0 Å². The number of nitrogens with zero attached hydrogens (tertiary/aromatic N) is 2. The molecule has 1 aromatic rings. The van der Waals surface area contributed by atoms with Gasteiger partial charge in [0.25, 0.3) is 5.91 Å². The van der Waals surface area contributed by atoms with Gasteiger partial charge < -0.3 is 5.32 Å². The molecule has 4 nitrogen and oxygen atoms in total. The number of benzene rings is 1. The molecule has 23 heavy (non-hydrogen) atoms. The lowest BCUT2D eigenvalue weighted by atomic mass is 9.96. The molecule has 0 saturated heterocycles. The first kappa shape index (κ1) is 18.2. The monoisotopic (exact) mass is 307 g/mol. The minimum atomic E-state index is -0.284. The van der Waals surface area contributed by atoms with Gasteiger partial charge in [-0.1, -0.05) is 42.9 Å². The zero-order valence-corrected chi connectivity index (χ0v) is 13.9. The van der Waals surface area contributed by atoms with Gasteiger partial charge in [-0.05, 0) is 31.2 Å². The first-order chi connectivity index (χ1) is 11.0. The van der Waals surface area contributed by atoms with E-state index < -0.39 is 0 Å². The van der Waals surface area contributed by atoms with E-state index in [0.29, 0.717) is 0 Å². The molecule has 0 spiro atoms. The van der Waals surface area contributed by atoms with Crippen LogP contribution in [0.15, 0.2) is 78.1 Å². The summed E-state index contributed by atoms with van der Waals surface area (Å²) in [4.78, 5) is 12.1. The van der Waals surface area contributed by atoms with Crippen LogP contribution in [0.3, 0.4) is 0 Å². The number of rotatable bonds is 7. The molecular weight excluding hydrogens is 285 g/mol. The lowest BCUT2D eigenvalue weighted by Gasteiger charge is -2.13. The highest BCUT2D eigenvalue weighted by molar-refractivity contribution is 6.32.